The van der Waals surface area contributed by atoms with Gasteiger partial charge in [0.15, 0.2) is 0 Å². The van der Waals surface area contributed by atoms with Gasteiger partial charge in [0.2, 0.25) is 10.0 Å². The Hall–Kier alpha value is -2.50. The van der Waals surface area contributed by atoms with Crippen LogP contribution >= 0.6 is 0 Å². The zero-order chi connectivity index (χ0) is 21.7. The Labute approximate surface area is 170 Å². The summed E-state index contributed by atoms with van der Waals surface area (Å²) in [6.45, 7) is 4.61. The highest BCUT2D eigenvalue weighted by Crippen LogP contribution is 2.22. The molecule has 0 spiro atoms. The number of sulfonamides is 2. The van der Waals surface area contributed by atoms with Crippen LogP contribution in [0.15, 0.2) is 58.3 Å². The fourth-order valence-corrected chi connectivity index (χ4v) is 5.34. The van der Waals surface area contributed by atoms with Crippen molar-refractivity contribution in [1.29, 1.82) is 0 Å². The van der Waals surface area contributed by atoms with E-state index >= 15 is 0 Å². The maximum absolute atomic E-state index is 12.7. The summed E-state index contributed by atoms with van der Waals surface area (Å²) in [5, 5.41) is 10.7. The SMILES string of the molecule is CCCN(CCC)S(=O)(=O)c1ccc(NS(=O)(=O)c2ccc([N+](=O)[O-])cc2)cc1. The van der Waals surface area contributed by atoms with E-state index in [9.17, 15) is 26.9 Å². The quantitative estimate of drug-likeness (QED) is 0.445. The average Bonchev–Trinajstić information content (AvgIpc) is 2.68. The third kappa shape index (κ3) is 5.52. The molecule has 9 nitrogen and oxygen atoms in total. The number of nitro groups is 1. The second kappa shape index (κ2) is 9.33. The second-order valence-corrected chi connectivity index (χ2v) is 9.91. The lowest BCUT2D eigenvalue weighted by Gasteiger charge is -2.21. The first-order valence-corrected chi connectivity index (χ1v) is 11.9. The first-order chi connectivity index (χ1) is 13.6. The summed E-state index contributed by atoms with van der Waals surface area (Å²) in [5.74, 6) is 0. The van der Waals surface area contributed by atoms with Gasteiger partial charge in [-0.25, -0.2) is 16.8 Å². The van der Waals surface area contributed by atoms with Crippen molar-refractivity contribution in [3.8, 4) is 0 Å². The third-order valence-corrected chi connectivity index (χ3v) is 7.36. The Morgan fingerprint density at radius 2 is 1.34 bits per heavy atom. The van der Waals surface area contributed by atoms with Crippen LogP contribution in [0, 0.1) is 10.1 Å². The summed E-state index contributed by atoms with van der Waals surface area (Å²) in [6, 6.07) is 9.89. The number of non-ortho nitro benzene ring substituents is 1. The summed E-state index contributed by atoms with van der Waals surface area (Å²) in [4.78, 5) is 10.0. The largest absolute Gasteiger partial charge is 0.280 e. The van der Waals surface area contributed by atoms with E-state index in [2.05, 4.69) is 4.72 Å². The standard InChI is InChI=1S/C18H23N3O6S2/c1-3-13-20(14-4-2)29(26,27)18-9-5-15(6-10-18)19-28(24,25)17-11-7-16(8-12-17)21(22)23/h5-12,19H,3-4,13-14H2,1-2H3. The molecule has 0 radical (unpaired) electrons. The minimum atomic E-state index is -3.97. The van der Waals surface area contributed by atoms with Gasteiger partial charge in [-0.15, -0.1) is 0 Å². The minimum absolute atomic E-state index is 0.0812. The molecule has 0 saturated heterocycles. The van der Waals surface area contributed by atoms with Crippen molar-refractivity contribution in [2.45, 2.75) is 36.5 Å². The van der Waals surface area contributed by atoms with Crippen molar-refractivity contribution in [2.75, 3.05) is 17.8 Å². The molecule has 29 heavy (non-hydrogen) atoms. The Kier molecular flexibility index (Phi) is 7.33. The molecule has 0 aliphatic rings. The maximum atomic E-state index is 12.7. The zero-order valence-electron chi connectivity index (χ0n) is 16.1. The lowest BCUT2D eigenvalue weighted by Crippen LogP contribution is -2.32. The Morgan fingerprint density at radius 3 is 1.79 bits per heavy atom. The van der Waals surface area contributed by atoms with Gasteiger partial charge >= 0.3 is 0 Å². The van der Waals surface area contributed by atoms with E-state index < -0.39 is 25.0 Å². The van der Waals surface area contributed by atoms with E-state index in [1.807, 2.05) is 13.8 Å². The number of benzene rings is 2. The van der Waals surface area contributed by atoms with Crippen molar-refractivity contribution in [3.63, 3.8) is 0 Å². The van der Waals surface area contributed by atoms with Gasteiger partial charge < -0.3 is 0 Å². The molecule has 11 heteroatoms. The van der Waals surface area contributed by atoms with E-state index in [1.54, 1.807) is 0 Å². The Balaban J connectivity index is 2.22. The minimum Gasteiger partial charge on any atom is -0.280 e. The number of nitrogens with zero attached hydrogens (tertiary/aromatic N) is 2. The molecule has 0 bridgehead atoms. The lowest BCUT2D eigenvalue weighted by molar-refractivity contribution is -0.384. The number of rotatable bonds is 10. The van der Waals surface area contributed by atoms with Crippen molar-refractivity contribution in [3.05, 3.63) is 58.6 Å². The monoisotopic (exact) mass is 441 g/mol. The van der Waals surface area contributed by atoms with E-state index in [0.29, 0.717) is 25.9 Å². The van der Waals surface area contributed by atoms with Gasteiger partial charge in [0.05, 0.1) is 14.7 Å². The Morgan fingerprint density at radius 1 is 0.862 bits per heavy atom. The zero-order valence-corrected chi connectivity index (χ0v) is 17.7. The molecule has 158 valence electrons. The average molecular weight is 442 g/mol. The van der Waals surface area contributed by atoms with Crippen LogP contribution in [0.3, 0.4) is 0 Å². The molecule has 2 rings (SSSR count). The fourth-order valence-electron chi connectivity index (χ4n) is 2.66. The van der Waals surface area contributed by atoms with Crippen molar-refractivity contribution in [2.24, 2.45) is 0 Å². The first kappa shape index (κ1) is 22.8. The molecular formula is C18H23N3O6S2. The molecule has 0 aliphatic carbocycles. The fraction of sp³-hybridized carbons (Fsp3) is 0.333. The molecule has 0 atom stereocenters. The molecule has 0 amide bonds. The highest BCUT2D eigenvalue weighted by molar-refractivity contribution is 7.92. The molecule has 0 saturated carbocycles. The summed E-state index contributed by atoms with van der Waals surface area (Å²) >= 11 is 0. The van der Waals surface area contributed by atoms with Crippen LogP contribution in [0.1, 0.15) is 26.7 Å². The van der Waals surface area contributed by atoms with E-state index in [4.69, 9.17) is 0 Å². The number of hydrogen-bond acceptors (Lipinski definition) is 6. The van der Waals surface area contributed by atoms with Gasteiger partial charge in [-0.05, 0) is 49.2 Å². The maximum Gasteiger partial charge on any atom is 0.269 e. The molecule has 0 unspecified atom stereocenters. The molecular weight excluding hydrogens is 418 g/mol. The summed E-state index contributed by atoms with van der Waals surface area (Å²) in [6.07, 6.45) is 1.37. The van der Waals surface area contributed by atoms with Gasteiger partial charge in [-0.2, -0.15) is 4.31 Å². The first-order valence-electron chi connectivity index (χ1n) is 8.99. The highest BCUT2D eigenvalue weighted by atomic mass is 32.2. The number of nitro benzene ring substituents is 1. The van der Waals surface area contributed by atoms with Gasteiger partial charge in [0.25, 0.3) is 15.7 Å². The predicted molar refractivity (Wildman–Crippen MR) is 110 cm³/mol. The van der Waals surface area contributed by atoms with Crippen molar-refractivity contribution < 1.29 is 21.8 Å². The highest BCUT2D eigenvalue weighted by Gasteiger charge is 2.23. The van der Waals surface area contributed by atoms with Crippen LogP contribution in [-0.4, -0.2) is 39.2 Å². The van der Waals surface area contributed by atoms with Gasteiger partial charge in [0, 0.05) is 30.9 Å². The topological polar surface area (TPSA) is 127 Å². The van der Waals surface area contributed by atoms with E-state index in [-0.39, 0.29) is 21.2 Å². The number of hydrogen-bond donors (Lipinski definition) is 1. The second-order valence-electron chi connectivity index (χ2n) is 6.28. The van der Waals surface area contributed by atoms with Crippen LogP contribution in [0.5, 0.6) is 0 Å². The number of nitrogens with one attached hydrogen (secondary N) is 1. The lowest BCUT2D eigenvalue weighted by atomic mass is 10.3. The third-order valence-electron chi connectivity index (χ3n) is 4.05. The molecule has 1 N–H and O–H groups in total. The van der Waals surface area contributed by atoms with Crippen molar-refractivity contribution >= 4 is 31.4 Å². The molecule has 0 aromatic heterocycles. The van der Waals surface area contributed by atoms with E-state index in [0.717, 1.165) is 24.3 Å². The van der Waals surface area contributed by atoms with Crippen LogP contribution in [0.25, 0.3) is 0 Å². The van der Waals surface area contributed by atoms with E-state index in [1.165, 1.54) is 28.6 Å². The Bertz CT molecular complexity index is 1040. The molecule has 0 aliphatic heterocycles. The van der Waals surface area contributed by atoms with Gasteiger partial charge in [0.1, 0.15) is 0 Å². The molecule has 0 heterocycles. The van der Waals surface area contributed by atoms with Crippen LogP contribution in [0.2, 0.25) is 0 Å². The molecule has 2 aromatic carbocycles. The molecule has 0 fully saturated rings. The van der Waals surface area contributed by atoms with Crippen LogP contribution < -0.4 is 4.72 Å². The number of anilines is 1. The normalized spacial score (nSPS) is 12.1. The summed E-state index contributed by atoms with van der Waals surface area (Å²) < 4.78 is 54.1. The van der Waals surface area contributed by atoms with Gasteiger partial charge in [-0.3, -0.25) is 14.8 Å². The molecule has 2 aromatic rings. The van der Waals surface area contributed by atoms with Gasteiger partial charge in [-0.1, -0.05) is 13.8 Å². The van der Waals surface area contributed by atoms with Crippen LogP contribution in [0.4, 0.5) is 11.4 Å². The summed E-state index contributed by atoms with van der Waals surface area (Å²) in [5.41, 5.74) is -0.0398. The van der Waals surface area contributed by atoms with Crippen molar-refractivity contribution in [1.82, 2.24) is 4.31 Å². The predicted octanol–water partition coefficient (Wildman–Crippen LogP) is 3.21. The summed E-state index contributed by atoms with van der Waals surface area (Å²) in [7, 11) is -7.63. The smallest absolute Gasteiger partial charge is 0.269 e. The van der Waals surface area contributed by atoms with Crippen LogP contribution in [-0.2, 0) is 20.0 Å².